The maximum atomic E-state index is 13.0. The number of fused-ring (bicyclic) bond motifs is 3. The zero-order valence-corrected chi connectivity index (χ0v) is 22.5. The van der Waals surface area contributed by atoms with Gasteiger partial charge in [0.15, 0.2) is 0 Å². The number of nitrogens with zero attached hydrogens (tertiary/aromatic N) is 3. The van der Waals surface area contributed by atoms with Crippen molar-refractivity contribution in [3.05, 3.63) is 111 Å². The van der Waals surface area contributed by atoms with E-state index in [0.29, 0.717) is 12.2 Å². The molecule has 5 rings (SSSR count). The standard InChI is InChI=1S/C30H30N6O4/c1-18-12-13-21(20(3)33-18)15-31-27(37)16-36-19(2)14-32-28(29(36)38)34-35-30(39)40-17-26-24-10-6-4-8-22(24)23-9-5-7-11-25(23)26/h4-14,26H,15-17H2,1-3H3,(H,31,37)(H,32,34)(H,35,39). The summed E-state index contributed by atoms with van der Waals surface area (Å²) in [4.78, 5) is 46.6. The number of hydrazine groups is 1. The first kappa shape index (κ1) is 26.6. The molecular weight excluding hydrogens is 508 g/mol. The highest BCUT2D eigenvalue weighted by Gasteiger charge is 2.29. The van der Waals surface area contributed by atoms with Gasteiger partial charge in [0, 0.05) is 35.7 Å². The van der Waals surface area contributed by atoms with Gasteiger partial charge in [0.2, 0.25) is 11.7 Å². The fourth-order valence-electron chi connectivity index (χ4n) is 4.89. The molecule has 0 atom stereocenters. The lowest BCUT2D eigenvalue weighted by molar-refractivity contribution is -0.121. The Morgan fingerprint density at radius 1 is 0.950 bits per heavy atom. The number of benzene rings is 2. The predicted octanol–water partition coefficient (Wildman–Crippen LogP) is 3.75. The molecule has 0 spiro atoms. The lowest BCUT2D eigenvalue weighted by Gasteiger charge is -2.15. The minimum atomic E-state index is -0.755. The topological polar surface area (TPSA) is 127 Å². The number of nitrogens with one attached hydrogen (secondary N) is 3. The van der Waals surface area contributed by atoms with Crippen molar-refractivity contribution in [2.75, 3.05) is 12.0 Å². The fraction of sp³-hybridized carbons (Fsp3) is 0.233. The molecule has 0 bridgehead atoms. The van der Waals surface area contributed by atoms with Gasteiger partial charge in [0.25, 0.3) is 5.56 Å². The highest BCUT2D eigenvalue weighted by Crippen LogP contribution is 2.44. The summed E-state index contributed by atoms with van der Waals surface area (Å²) in [5, 5.41) is 2.82. The van der Waals surface area contributed by atoms with E-state index in [1.807, 2.05) is 62.4 Å². The Kier molecular flexibility index (Phi) is 7.59. The molecule has 2 aromatic heterocycles. The minimum Gasteiger partial charge on any atom is -0.447 e. The third kappa shape index (κ3) is 5.56. The van der Waals surface area contributed by atoms with E-state index in [9.17, 15) is 14.4 Å². The van der Waals surface area contributed by atoms with Crippen molar-refractivity contribution in [3.8, 4) is 11.1 Å². The number of carbonyl (C=O) groups excluding carboxylic acids is 2. The van der Waals surface area contributed by atoms with Gasteiger partial charge in [-0.25, -0.2) is 15.2 Å². The Hall–Kier alpha value is -4.99. The number of amides is 2. The fourth-order valence-corrected chi connectivity index (χ4v) is 4.89. The summed E-state index contributed by atoms with van der Waals surface area (Å²) in [5.41, 5.74) is 11.9. The van der Waals surface area contributed by atoms with Crippen LogP contribution in [0, 0.1) is 20.8 Å². The lowest BCUT2D eigenvalue weighted by Crippen LogP contribution is -2.38. The third-order valence-electron chi connectivity index (χ3n) is 6.99. The largest absolute Gasteiger partial charge is 0.447 e. The molecule has 0 radical (unpaired) electrons. The van der Waals surface area contributed by atoms with E-state index in [-0.39, 0.29) is 30.8 Å². The molecule has 2 heterocycles. The van der Waals surface area contributed by atoms with E-state index in [1.54, 1.807) is 6.92 Å². The highest BCUT2D eigenvalue weighted by molar-refractivity contribution is 5.79. The Labute approximate surface area is 231 Å². The van der Waals surface area contributed by atoms with Crippen LogP contribution in [0.25, 0.3) is 11.1 Å². The van der Waals surface area contributed by atoms with E-state index in [4.69, 9.17) is 4.74 Å². The normalized spacial score (nSPS) is 11.9. The second-order valence-corrected chi connectivity index (χ2v) is 9.69. The molecule has 0 saturated carbocycles. The van der Waals surface area contributed by atoms with Gasteiger partial charge in [-0.1, -0.05) is 54.6 Å². The molecule has 10 nitrogen and oxygen atoms in total. The van der Waals surface area contributed by atoms with E-state index >= 15 is 0 Å². The van der Waals surface area contributed by atoms with E-state index in [1.165, 1.54) is 10.8 Å². The summed E-state index contributed by atoms with van der Waals surface area (Å²) in [6.45, 7) is 5.69. The number of aryl methyl sites for hydroxylation is 3. The molecule has 0 aliphatic heterocycles. The van der Waals surface area contributed by atoms with Crippen molar-refractivity contribution in [1.82, 2.24) is 25.3 Å². The average Bonchev–Trinajstić information content (AvgIpc) is 3.27. The maximum Gasteiger partial charge on any atom is 0.426 e. The molecule has 1 aliphatic carbocycles. The Bertz CT molecular complexity index is 1600. The number of hydrogen-bond donors (Lipinski definition) is 3. The summed E-state index contributed by atoms with van der Waals surface area (Å²) >= 11 is 0. The van der Waals surface area contributed by atoms with Crippen molar-refractivity contribution in [2.24, 2.45) is 0 Å². The molecule has 3 N–H and O–H groups in total. The smallest absolute Gasteiger partial charge is 0.426 e. The molecule has 10 heteroatoms. The molecule has 0 saturated heterocycles. The number of anilines is 1. The lowest BCUT2D eigenvalue weighted by atomic mass is 9.98. The molecule has 1 aliphatic rings. The SMILES string of the molecule is Cc1ccc(CNC(=O)Cn2c(C)cnc(NNC(=O)OCC3c4ccccc4-c4ccccc43)c2=O)c(C)n1. The van der Waals surface area contributed by atoms with Crippen LogP contribution in [0.15, 0.2) is 71.7 Å². The number of ether oxygens (including phenoxy) is 1. The Morgan fingerprint density at radius 3 is 2.30 bits per heavy atom. The first-order chi connectivity index (χ1) is 19.3. The summed E-state index contributed by atoms with van der Waals surface area (Å²) in [6.07, 6.45) is 0.694. The first-order valence-electron chi connectivity index (χ1n) is 12.9. The van der Waals surface area contributed by atoms with Crippen molar-refractivity contribution in [1.29, 1.82) is 0 Å². The van der Waals surface area contributed by atoms with E-state index < -0.39 is 11.7 Å². The van der Waals surface area contributed by atoms with Crippen LogP contribution in [0.4, 0.5) is 10.6 Å². The van der Waals surface area contributed by atoms with Crippen molar-refractivity contribution in [2.45, 2.75) is 39.8 Å². The van der Waals surface area contributed by atoms with Crippen LogP contribution in [-0.2, 0) is 22.6 Å². The van der Waals surface area contributed by atoms with Crippen LogP contribution >= 0.6 is 0 Å². The number of hydrogen-bond acceptors (Lipinski definition) is 7. The number of carbonyl (C=O) groups is 2. The summed E-state index contributed by atoms with van der Waals surface area (Å²) in [5.74, 6) is -0.567. The van der Waals surface area contributed by atoms with Gasteiger partial charge in [-0.05, 0) is 54.7 Å². The molecule has 204 valence electrons. The van der Waals surface area contributed by atoms with Crippen LogP contribution in [0.2, 0.25) is 0 Å². The molecular formula is C30H30N6O4. The number of aromatic nitrogens is 3. The Balaban J connectivity index is 1.18. The Morgan fingerprint density at radius 2 is 1.62 bits per heavy atom. The number of pyridine rings is 1. The van der Waals surface area contributed by atoms with Crippen LogP contribution in [0.5, 0.6) is 0 Å². The molecule has 4 aromatic rings. The monoisotopic (exact) mass is 538 g/mol. The number of rotatable bonds is 8. The van der Waals surface area contributed by atoms with Gasteiger partial charge in [-0.2, -0.15) is 0 Å². The molecule has 40 heavy (non-hydrogen) atoms. The summed E-state index contributed by atoms with van der Waals surface area (Å²) in [7, 11) is 0. The van der Waals surface area contributed by atoms with E-state index in [0.717, 1.165) is 39.2 Å². The van der Waals surface area contributed by atoms with Crippen molar-refractivity contribution >= 4 is 17.8 Å². The second-order valence-electron chi connectivity index (χ2n) is 9.69. The van der Waals surface area contributed by atoms with Gasteiger partial charge in [0.05, 0.1) is 0 Å². The van der Waals surface area contributed by atoms with E-state index in [2.05, 4.69) is 38.3 Å². The maximum absolute atomic E-state index is 13.0. The van der Waals surface area contributed by atoms with Gasteiger partial charge >= 0.3 is 6.09 Å². The summed E-state index contributed by atoms with van der Waals surface area (Å²) < 4.78 is 6.77. The van der Waals surface area contributed by atoms with Gasteiger partial charge in [-0.15, -0.1) is 0 Å². The molecule has 0 unspecified atom stereocenters. The quantitative estimate of drug-likeness (QED) is 0.292. The van der Waals surface area contributed by atoms with Crippen LogP contribution < -0.4 is 21.7 Å². The van der Waals surface area contributed by atoms with Crippen LogP contribution in [0.3, 0.4) is 0 Å². The molecule has 0 fully saturated rings. The van der Waals surface area contributed by atoms with Gasteiger partial charge in [0.1, 0.15) is 13.2 Å². The summed E-state index contributed by atoms with van der Waals surface area (Å²) in [6, 6.07) is 19.9. The predicted molar refractivity (Wildman–Crippen MR) is 151 cm³/mol. The van der Waals surface area contributed by atoms with Crippen LogP contribution in [0.1, 0.15) is 39.7 Å². The highest BCUT2D eigenvalue weighted by atomic mass is 16.6. The molecule has 2 aromatic carbocycles. The zero-order valence-electron chi connectivity index (χ0n) is 22.5. The van der Waals surface area contributed by atoms with Gasteiger partial charge in [-0.3, -0.25) is 24.6 Å². The van der Waals surface area contributed by atoms with Crippen LogP contribution in [-0.4, -0.2) is 33.1 Å². The third-order valence-corrected chi connectivity index (χ3v) is 6.99. The first-order valence-corrected chi connectivity index (χ1v) is 12.9. The van der Waals surface area contributed by atoms with Crippen molar-refractivity contribution < 1.29 is 14.3 Å². The minimum absolute atomic E-state index is 0.0918. The van der Waals surface area contributed by atoms with Gasteiger partial charge < -0.3 is 10.1 Å². The molecule has 2 amide bonds. The average molecular weight is 539 g/mol. The second kappa shape index (κ2) is 11.4. The van der Waals surface area contributed by atoms with Crippen molar-refractivity contribution in [3.63, 3.8) is 0 Å². The zero-order chi connectivity index (χ0) is 28.2.